The number of hydrogen-bond donors (Lipinski definition) is 0. The fourth-order valence-electron chi connectivity index (χ4n) is 2.87. The molecule has 0 N–H and O–H groups in total. The summed E-state index contributed by atoms with van der Waals surface area (Å²) in [5, 5.41) is 0. The summed E-state index contributed by atoms with van der Waals surface area (Å²) in [5.41, 5.74) is 1.90. The summed E-state index contributed by atoms with van der Waals surface area (Å²) in [6, 6.07) is 16.1. The average Bonchev–Trinajstić information content (AvgIpc) is 2.59. The topological polar surface area (TPSA) is 23.6 Å². The maximum atomic E-state index is 12.9. The summed E-state index contributed by atoms with van der Waals surface area (Å²) >= 11 is 0. The van der Waals surface area contributed by atoms with Gasteiger partial charge in [0.1, 0.15) is 5.82 Å². The SMILES string of the molecule is Cl.O=C(CN1CCN(Cc2ccc(F)cc2)CC1)c1ccccc1. The predicted molar refractivity (Wildman–Crippen MR) is 96.1 cm³/mol. The normalized spacial score (nSPS) is 15.7. The molecule has 0 unspecified atom stereocenters. The summed E-state index contributed by atoms with van der Waals surface area (Å²) in [6.07, 6.45) is 0. The largest absolute Gasteiger partial charge is 0.297 e. The van der Waals surface area contributed by atoms with Gasteiger partial charge in [0.2, 0.25) is 0 Å². The minimum Gasteiger partial charge on any atom is -0.297 e. The molecule has 24 heavy (non-hydrogen) atoms. The molecule has 1 fully saturated rings. The number of ketones is 1. The summed E-state index contributed by atoms with van der Waals surface area (Å²) in [4.78, 5) is 16.8. The van der Waals surface area contributed by atoms with Crippen molar-refractivity contribution in [3.8, 4) is 0 Å². The van der Waals surface area contributed by atoms with Crippen molar-refractivity contribution in [2.45, 2.75) is 6.54 Å². The van der Waals surface area contributed by atoms with Crippen LogP contribution in [0.1, 0.15) is 15.9 Å². The van der Waals surface area contributed by atoms with Crippen molar-refractivity contribution in [3.05, 3.63) is 71.5 Å². The van der Waals surface area contributed by atoms with Crippen LogP contribution in [0.15, 0.2) is 54.6 Å². The second-order valence-corrected chi connectivity index (χ2v) is 5.97. The Morgan fingerprint density at radius 2 is 1.46 bits per heavy atom. The Morgan fingerprint density at radius 3 is 2.08 bits per heavy atom. The second-order valence-electron chi connectivity index (χ2n) is 5.97. The molecule has 128 valence electrons. The lowest BCUT2D eigenvalue weighted by Crippen LogP contribution is -2.47. The standard InChI is InChI=1S/C19H21FN2O.ClH/c20-18-8-6-16(7-9-18)14-21-10-12-22(13-11-21)15-19(23)17-4-2-1-3-5-17;/h1-9H,10-15H2;1H. The molecule has 3 rings (SSSR count). The molecule has 0 bridgehead atoms. The Bertz CT molecular complexity index is 640. The highest BCUT2D eigenvalue weighted by atomic mass is 35.5. The van der Waals surface area contributed by atoms with E-state index in [1.165, 1.54) is 12.1 Å². The third-order valence-electron chi connectivity index (χ3n) is 4.25. The molecule has 0 aliphatic carbocycles. The molecule has 0 amide bonds. The highest BCUT2D eigenvalue weighted by Gasteiger charge is 2.19. The van der Waals surface area contributed by atoms with Gasteiger partial charge in [0.15, 0.2) is 5.78 Å². The number of piperazine rings is 1. The summed E-state index contributed by atoms with van der Waals surface area (Å²) < 4.78 is 12.9. The lowest BCUT2D eigenvalue weighted by atomic mass is 10.1. The van der Waals surface area contributed by atoms with E-state index in [1.54, 1.807) is 0 Å². The minimum atomic E-state index is -0.196. The lowest BCUT2D eigenvalue weighted by Gasteiger charge is -2.34. The lowest BCUT2D eigenvalue weighted by molar-refractivity contribution is 0.0844. The molecule has 0 radical (unpaired) electrons. The zero-order valence-corrected chi connectivity index (χ0v) is 14.3. The van der Waals surface area contributed by atoms with Gasteiger partial charge in [-0.1, -0.05) is 42.5 Å². The van der Waals surface area contributed by atoms with Crippen LogP contribution in [-0.2, 0) is 6.54 Å². The van der Waals surface area contributed by atoms with E-state index in [9.17, 15) is 9.18 Å². The predicted octanol–water partition coefficient (Wildman–Crippen LogP) is 3.25. The maximum absolute atomic E-state index is 12.9. The Kier molecular flexibility index (Phi) is 6.91. The van der Waals surface area contributed by atoms with Crippen molar-refractivity contribution >= 4 is 18.2 Å². The van der Waals surface area contributed by atoms with Crippen LogP contribution in [0.5, 0.6) is 0 Å². The highest BCUT2D eigenvalue weighted by Crippen LogP contribution is 2.10. The van der Waals surface area contributed by atoms with Gasteiger partial charge in [0.05, 0.1) is 6.54 Å². The third-order valence-corrected chi connectivity index (χ3v) is 4.25. The van der Waals surface area contributed by atoms with E-state index in [2.05, 4.69) is 9.80 Å². The van der Waals surface area contributed by atoms with Crippen LogP contribution in [0.2, 0.25) is 0 Å². The van der Waals surface area contributed by atoms with Gasteiger partial charge in [-0.15, -0.1) is 12.4 Å². The van der Waals surface area contributed by atoms with Crippen molar-refractivity contribution < 1.29 is 9.18 Å². The first-order valence-corrected chi connectivity index (χ1v) is 7.98. The van der Waals surface area contributed by atoms with Crippen molar-refractivity contribution in [2.24, 2.45) is 0 Å². The van der Waals surface area contributed by atoms with Gasteiger partial charge in [0, 0.05) is 38.3 Å². The fraction of sp³-hybridized carbons (Fsp3) is 0.316. The first-order chi connectivity index (χ1) is 11.2. The third kappa shape index (κ3) is 5.13. The van der Waals surface area contributed by atoms with Gasteiger partial charge >= 0.3 is 0 Å². The van der Waals surface area contributed by atoms with Gasteiger partial charge < -0.3 is 0 Å². The van der Waals surface area contributed by atoms with Crippen LogP contribution in [0.4, 0.5) is 4.39 Å². The molecule has 1 aliphatic heterocycles. The number of nitrogens with zero attached hydrogens (tertiary/aromatic N) is 2. The van der Waals surface area contributed by atoms with Crippen molar-refractivity contribution in [2.75, 3.05) is 32.7 Å². The van der Waals surface area contributed by atoms with E-state index < -0.39 is 0 Å². The van der Waals surface area contributed by atoms with Crippen LogP contribution < -0.4 is 0 Å². The summed E-state index contributed by atoms with van der Waals surface area (Å²) in [7, 11) is 0. The minimum absolute atomic E-state index is 0. The summed E-state index contributed by atoms with van der Waals surface area (Å²) in [6.45, 7) is 4.95. The van der Waals surface area contributed by atoms with Gasteiger partial charge in [-0.2, -0.15) is 0 Å². The first kappa shape index (κ1) is 18.6. The quantitative estimate of drug-likeness (QED) is 0.775. The van der Waals surface area contributed by atoms with E-state index in [0.717, 1.165) is 43.9 Å². The molecule has 1 heterocycles. The van der Waals surface area contributed by atoms with E-state index in [-0.39, 0.29) is 24.0 Å². The van der Waals surface area contributed by atoms with E-state index in [0.29, 0.717) is 6.54 Å². The van der Waals surface area contributed by atoms with Gasteiger partial charge in [-0.05, 0) is 17.7 Å². The fourth-order valence-corrected chi connectivity index (χ4v) is 2.87. The molecule has 2 aromatic carbocycles. The van der Waals surface area contributed by atoms with Crippen molar-refractivity contribution in [3.63, 3.8) is 0 Å². The van der Waals surface area contributed by atoms with Gasteiger partial charge in [0.25, 0.3) is 0 Å². The van der Waals surface area contributed by atoms with Gasteiger partial charge in [-0.3, -0.25) is 14.6 Å². The molecule has 0 aromatic heterocycles. The molecule has 2 aromatic rings. The molecular formula is C19H22ClFN2O. The first-order valence-electron chi connectivity index (χ1n) is 7.98. The monoisotopic (exact) mass is 348 g/mol. The number of hydrogen-bond acceptors (Lipinski definition) is 3. The number of benzene rings is 2. The van der Waals surface area contributed by atoms with Crippen LogP contribution in [0, 0.1) is 5.82 Å². The maximum Gasteiger partial charge on any atom is 0.176 e. The molecular weight excluding hydrogens is 327 g/mol. The van der Waals surface area contributed by atoms with Crippen molar-refractivity contribution in [1.82, 2.24) is 9.80 Å². The summed E-state index contributed by atoms with van der Waals surface area (Å²) in [5.74, 6) is -0.0180. The zero-order chi connectivity index (χ0) is 16.1. The van der Waals surface area contributed by atoms with E-state index in [4.69, 9.17) is 0 Å². The van der Waals surface area contributed by atoms with E-state index >= 15 is 0 Å². The highest BCUT2D eigenvalue weighted by molar-refractivity contribution is 5.97. The van der Waals surface area contributed by atoms with Crippen molar-refractivity contribution in [1.29, 1.82) is 0 Å². The average molecular weight is 349 g/mol. The second kappa shape index (κ2) is 8.92. The molecule has 0 atom stereocenters. The molecule has 5 heteroatoms. The molecule has 3 nitrogen and oxygen atoms in total. The number of carbonyl (C=O) groups is 1. The van der Waals surface area contributed by atoms with Crippen LogP contribution in [0.25, 0.3) is 0 Å². The Balaban J connectivity index is 0.00000208. The van der Waals surface area contributed by atoms with Crippen LogP contribution in [0.3, 0.4) is 0 Å². The van der Waals surface area contributed by atoms with Crippen LogP contribution >= 0.6 is 12.4 Å². The number of carbonyl (C=O) groups excluding carboxylic acids is 1. The van der Waals surface area contributed by atoms with E-state index in [1.807, 2.05) is 42.5 Å². The Labute approximate surface area is 148 Å². The number of rotatable bonds is 5. The molecule has 0 spiro atoms. The van der Waals surface area contributed by atoms with Crippen LogP contribution in [-0.4, -0.2) is 48.3 Å². The smallest absolute Gasteiger partial charge is 0.176 e. The Hall–Kier alpha value is -1.75. The van der Waals surface area contributed by atoms with Gasteiger partial charge in [-0.25, -0.2) is 4.39 Å². The molecule has 0 saturated carbocycles. The number of Topliss-reactive ketones (excluding diaryl/α,β-unsaturated/α-hetero) is 1. The molecule has 1 aliphatic rings. The number of halogens is 2. The zero-order valence-electron chi connectivity index (χ0n) is 13.5. The molecule has 1 saturated heterocycles. The Morgan fingerprint density at radius 1 is 0.875 bits per heavy atom.